The zero-order valence-electron chi connectivity index (χ0n) is 21.9. The van der Waals surface area contributed by atoms with Crippen molar-refractivity contribution in [1.29, 1.82) is 0 Å². The molecule has 0 fully saturated rings. The van der Waals surface area contributed by atoms with Crippen LogP contribution in [0.3, 0.4) is 0 Å². The van der Waals surface area contributed by atoms with E-state index in [9.17, 15) is 23.1 Å². The summed E-state index contributed by atoms with van der Waals surface area (Å²) < 4.78 is 45.6. The van der Waals surface area contributed by atoms with Gasteiger partial charge in [0.25, 0.3) is 0 Å². The topological polar surface area (TPSA) is 94.7 Å². The Labute approximate surface area is 229 Å². The number of benzene rings is 2. The summed E-state index contributed by atoms with van der Waals surface area (Å²) >= 11 is 0. The first-order valence-electron chi connectivity index (χ1n) is 12.9. The molecule has 0 unspecified atom stereocenters. The normalized spacial score (nSPS) is 17.6. The maximum Gasteiger partial charge on any atom is 0.416 e. The van der Waals surface area contributed by atoms with Crippen molar-refractivity contribution in [1.82, 2.24) is 9.97 Å². The molecule has 0 bridgehead atoms. The van der Waals surface area contributed by atoms with Crippen molar-refractivity contribution < 1.29 is 27.5 Å². The highest BCUT2D eigenvalue weighted by molar-refractivity contribution is 6.04. The monoisotopic (exact) mass is 551 g/mol. The van der Waals surface area contributed by atoms with Crippen molar-refractivity contribution in [3.8, 4) is 22.6 Å². The third kappa shape index (κ3) is 5.50. The Bertz CT molecular complexity index is 1490. The van der Waals surface area contributed by atoms with Crippen LogP contribution in [0.5, 0.6) is 0 Å². The molecule has 0 radical (unpaired) electrons. The van der Waals surface area contributed by atoms with E-state index in [4.69, 9.17) is 9.40 Å². The van der Waals surface area contributed by atoms with Crippen LogP contribution in [-0.4, -0.2) is 46.3 Å². The lowest BCUT2D eigenvalue weighted by molar-refractivity contribution is -0.137. The second-order valence-corrected chi connectivity index (χ2v) is 9.54. The Kier molecular flexibility index (Phi) is 7.49. The number of alkyl halides is 3. The molecule has 40 heavy (non-hydrogen) atoms. The van der Waals surface area contributed by atoms with Crippen molar-refractivity contribution in [2.45, 2.75) is 38.6 Å². The number of aliphatic hydroxyl groups is 1. The van der Waals surface area contributed by atoms with Crippen LogP contribution < -0.4 is 15.1 Å². The Morgan fingerprint density at radius 2 is 1.90 bits per heavy atom. The molecular formula is C29H28F3N5O3. The number of nitrogens with one attached hydrogen (secondary N) is 1. The summed E-state index contributed by atoms with van der Waals surface area (Å²) in [6.45, 7) is 4.77. The van der Waals surface area contributed by atoms with Gasteiger partial charge in [0.15, 0.2) is 18.0 Å². The molecule has 2 N–H and O–H groups in total. The van der Waals surface area contributed by atoms with E-state index >= 15 is 0 Å². The fraction of sp³-hybridized carbons (Fsp3) is 0.276. The molecule has 0 saturated carbocycles. The lowest BCUT2D eigenvalue weighted by Gasteiger charge is -2.38. The molecule has 208 valence electrons. The number of rotatable bonds is 4. The zero-order chi connectivity index (χ0) is 28.4. The van der Waals surface area contributed by atoms with Crippen molar-refractivity contribution >= 4 is 23.2 Å². The van der Waals surface area contributed by atoms with E-state index < -0.39 is 29.9 Å². The van der Waals surface area contributed by atoms with Gasteiger partial charge in [-0.1, -0.05) is 24.3 Å². The molecule has 0 aliphatic carbocycles. The van der Waals surface area contributed by atoms with Gasteiger partial charge in [0.05, 0.1) is 35.3 Å². The van der Waals surface area contributed by atoms with Crippen molar-refractivity contribution in [3.05, 3.63) is 78.8 Å². The molecule has 1 aliphatic heterocycles. The fourth-order valence-electron chi connectivity index (χ4n) is 4.80. The van der Waals surface area contributed by atoms with Gasteiger partial charge in [-0.25, -0.2) is 14.8 Å². The summed E-state index contributed by atoms with van der Waals surface area (Å²) in [5.74, 6) is 0.773. The first-order valence-corrected chi connectivity index (χ1v) is 12.9. The first kappa shape index (κ1) is 27.2. The van der Waals surface area contributed by atoms with Crippen LogP contribution in [0.2, 0.25) is 0 Å². The zero-order valence-corrected chi connectivity index (χ0v) is 21.9. The molecule has 0 saturated heterocycles. The summed E-state index contributed by atoms with van der Waals surface area (Å²) in [6, 6.07) is 14.1. The molecule has 5 rings (SSSR count). The highest BCUT2D eigenvalue weighted by atomic mass is 19.4. The quantitative estimate of drug-likeness (QED) is 0.303. The van der Waals surface area contributed by atoms with Crippen molar-refractivity contribution in [2.75, 3.05) is 28.2 Å². The van der Waals surface area contributed by atoms with E-state index in [1.165, 1.54) is 17.4 Å². The predicted octanol–water partition coefficient (Wildman–Crippen LogP) is 6.44. The van der Waals surface area contributed by atoms with Gasteiger partial charge in [-0.05, 0) is 56.7 Å². The SMILES string of the molecule is CCN1CC[C@@H](O)[C@@H](C)N(C(=O)Nc2cccc(-c3cnco3)c2)c2nc(-c3cccc(C(F)(F)F)c3)ccc21. The molecule has 4 aromatic rings. The average molecular weight is 552 g/mol. The molecule has 2 atom stereocenters. The van der Waals surface area contributed by atoms with Gasteiger partial charge in [0, 0.05) is 29.9 Å². The number of hydrogen-bond donors (Lipinski definition) is 2. The Balaban J connectivity index is 1.57. The summed E-state index contributed by atoms with van der Waals surface area (Å²) in [7, 11) is 0. The molecule has 2 aromatic carbocycles. The van der Waals surface area contributed by atoms with Gasteiger partial charge in [0.2, 0.25) is 0 Å². The Morgan fingerprint density at radius 3 is 2.62 bits per heavy atom. The highest BCUT2D eigenvalue weighted by Gasteiger charge is 2.35. The largest absolute Gasteiger partial charge is 0.444 e. The maximum absolute atomic E-state index is 13.8. The molecule has 1 aliphatic rings. The van der Waals surface area contributed by atoms with Crippen LogP contribution >= 0.6 is 0 Å². The predicted molar refractivity (Wildman–Crippen MR) is 146 cm³/mol. The van der Waals surface area contributed by atoms with Gasteiger partial charge in [-0.15, -0.1) is 0 Å². The lowest BCUT2D eigenvalue weighted by Crippen LogP contribution is -2.51. The highest BCUT2D eigenvalue weighted by Crippen LogP contribution is 2.37. The summed E-state index contributed by atoms with van der Waals surface area (Å²) in [5.41, 5.74) is 1.56. The Morgan fingerprint density at radius 1 is 1.12 bits per heavy atom. The number of pyridine rings is 1. The number of aliphatic hydroxyl groups excluding tert-OH is 1. The number of carbonyl (C=O) groups is 1. The average Bonchev–Trinajstić information content (AvgIpc) is 3.48. The lowest BCUT2D eigenvalue weighted by atomic mass is 10.0. The van der Waals surface area contributed by atoms with E-state index in [0.29, 0.717) is 42.2 Å². The number of urea groups is 1. The standard InChI is InChI=1S/C29H28F3N5O3/c1-3-36-13-12-25(38)18(2)37(28(39)34-22-9-5-7-20(15-22)26-16-33-17-40-26)27-24(36)11-10-23(35-27)19-6-4-8-21(14-19)29(30,31)32/h4-11,14-18,25,38H,3,12-13H2,1-2H3,(H,34,39)/t18-,25-/m1/s1. The van der Waals surface area contributed by atoms with Crippen LogP contribution in [0.4, 0.5) is 35.2 Å². The van der Waals surface area contributed by atoms with E-state index in [-0.39, 0.29) is 17.1 Å². The van der Waals surface area contributed by atoms with Crippen LogP contribution in [0.1, 0.15) is 25.8 Å². The second-order valence-electron chi connectivity index (χ2n) is 9.54. The number of hydrogen-bond acceptors (Lipinski definition) is 6. The van der Waals surface area contributed by atoms with E-state index in [2.05, 4.69) is 10.3 Å². The van der Waals surface area contributed by atoms with Gasteiger partial charge >= 0.3 is 12.2 Å². The molecule has 2 amide bonds. The van der Waals surface area contributed by atoms with Crippen LogP contribution in [0.15, 0.2) is 77.7 Å². The number of aromatic nitrogens is 2. The van der Waals surface area contributed by atoms with E-state index in [1.54, 1.807) is 49.5 Å². The summed E-state index contributed by atoms with van der Waals surface area (Å²) in [5, 5.41) is 13.8. The Hall–Kier alpha value is -4.38. The molecular weight excluding hydrogens is 523 g/mol. The van der Waals surface area contributed by atoms with Crippen molar-refractivity contribution in [2.24, 2.45) is 0 Å². The number of amides is 2. The number of fused-ring (bicyclic) bond motifs is 1. The summed E-state index contributed by atoms with van der Waals surface area (Å²) in [4.78, 5) is 25.8. The number of halogens is 3. The van der Waals surface area contributed by atoms with Crippen molar-refractivity contribution in [3.63, 3.8) is 0 Å². The third-order valence-electron chi connectivity index (χ3n) is 7.00. The number of nitrogens with zero attached hydrogens (tertiary/aromatic N) is 4. The van der Waals surface area contributed by atoms with Crippen LogP contribution in [0, 0.1) is 0 Å². The third-order valence-corrected chi connectivity index (χ3v) is 7.00. The second kappa shape index (κ2) is 11.0. The molecule has 2 aromatic heterocycles. The summed E-state index contributed by atoms with van der Waals surface area (Å²) in [6.07, 6.45) is -2.09. The minimum Gasteiger partial charge on any atom is -0.444 e. The van der Waals surface area contributed by atoms with Gasteiger partial charge in [0.1, 0.15) is 0 Å². The molecule has 3 heterocycles. The molecule has 8 nitrogen and oxygen atoms in total. The van der Waals surface area contributed by atoms with Gasteiger partial charge < -0.3 is 19.7 Å². The number of anilines is 3. The maximum atomic E-state index is 13.8. The van der Waals surface area contributed by atoms with E-state index in [0.717, 1.165) is 12.1 Å². The smallest absolute Gasteiger partial charge is 0.416 e. The van der Waals surface area contributed by atoms with Gasteiger partial charge in [-0.3, -0.25) is 4.90 Å². The minimum atomic E-state index is -4.51. The molecule has 0 spiro atoms. The first-order chi connectivity index (χ1) is 19.2. The van der Waals surface area contributed by atoms with Gasteiger partial charge in [-0.2, -0.15) is 13.2 Å². The molecule has 11 heteroatoms. The van der Waals surface area contributed by atoms with Crippen LogP contribution in [-0.2, 0) is 6.18 Å². The van der Waals surface area contributed by atoms with E-state index in [1.807, 2.05) is 17.9 Å². The van der Waals surface area contributed by atoms with Crippen LogP contribution in [0.25, 0.3) is 22.6 Å². The number of carbonyl (C=O) groups excluding carboxylic acids is 1. The minimum absolute atomic E-state index is 0.243. The number of oxazole rings is 1. The fourth-order valence-corrected chi connectivity index (χ4v) is 4.80.